The summed E-state index contributed by atoms with van der Waals surface area (Å²) in [5.74, 6) is -0.239. The van der Waals surface area contributed by atoms with Crippen molar-refractivity contribution in [1.82, 2.24) is 16.0 Å². The third-order valence-electron chi connectivity index (χ3n) is 4.85. The Labute approximate surface area is 136 Å². The number of hydrogen-bond donors (Lipinski definition) is 3. The highest BCUT2D eigenvalue weighted by Crippen LogP contribution is 2.34. The summed E-state index contributed by atoms with van der Waals surface area (Å²) < 4.78 is 19.1. The van der Waals surface area contributed by atoms with Crippen LogP contribution in [0.1, 0.15) is 18.4 Å². The molecule has 3 N–H and O–H groups in total. The Morgan fingerprint density at radius 1 is 1.35 bits per heavy atom. The molecule has 0 aromatic heterocycles. The predicted octanol–water partition coefficient (Wildman–Crippen LogP) is 0.552. The Hall–Kier alpha value is -1.50. The van der Waals surface area contributed by atoms with Gasteiger partial charge in [-0.05, 0) is 30.5 Å². The second-order valence-corrected chi connectivity index (χ2v) is 6.33. The molecule has 0 aliphatic carbocycles. The van der Waals surface area contributed by atoms with Crippen molar-refractivity contribution in [3.8, 4) is 0 Å². The van der Waals surface area contributed by atoms with Crippen LogP contribution in [0.25, 0.3) is 0 Å². The molecule has 0 bridgehead atoms. The van der Waals surface area contributed by atoms with Crippen LogP contribution in [0.4, 0.5) is 4.39 Å². The lowest BCUT2D eigenvalue weighted by Crippen LogP contribution is -2.57. The number of piperazine rings is 1. The van der Waals surface area contributed by atoms with Gasteiger partial charge < -0.3 is 20.7 Å². The number of ether oxygens (including phenoxy) is 1. The van der Waals surface area contributed by atoms with Crippen molar-refractivity contribution in [1.29, 1.82) is 0 Å². The van der Waals surface area contributed by atoms with E-state index in [1.54, 1.807) is 12.1 Å². The molecule has 0 spiro atoms. The van der Waals surface area contributed by atoms with Gasteiger partial charge in [-0.2, -0.15) is 0 Å². The standard InChI is InChI=1S/C17H24FN3O2/c18-14-3-1-2-13(10-14)17(4-8-23-9-5-17)12-21-16(22)15-11-19-6-7-20-15/h1-3,10,15,19-20H,4-9,11-12H2,(H,21,22). The number of nitrogens with one attached hydrogen (secondary N) is 3. The second kappa shape index (κ2) is 7.38. The average molecular weight is 321 g/mol. The van der Waals surface area contributed by atoms with E-state index in [-0.39, 0.29) is 23.2 Å². The van der Waals surface area contributed by atoms with Crippen molar-refractivity contribution < 1.29 is 13.9 Å². The van der Waals surface area contributed by atoms with Crippen LogP contribution in [0, 0.1) is 5.82 Å². The number of carbonyl (C=O) groups excluding carboxylic acids is 1. The highest BCUT2D eigenvalue weighted by atomic mass is 19.1. The number of carbonyl (C=O) groups is 1. The minimum atomic E-state index is -0.252. The van der Waals surface area contributed by atoms with Crippen LogP contribution in [-0.4, -0.2) is 51.3 Å². The summed E-state index contributed by atoms with van der Waals surface area (Å²) in [6, 6.07) is 6.51. The van der Waals surface area contributed by atoms with E-state index in [2.05, 4.69) is 16.0 Å². The first kappa shape index (κ1) is 16.4. The Balaban J connectivity index is 1.70. The summed E-state index contributed by atoms with van der Waals surface area (Å²) in [6.07, 6.45) is 1.57. The van der Waals surface area contributed by atoms with E-state index in [0.717, 1.165) is 31.5 Å². The summed E-state index contributed by atoms with van der Waals surface area (Å²) in [7, 11) is 0. The molecule has 3 rings (SSSR count). The monoisotopic (exact) mass is 321 g/mol. The smallest absolute Gasteiger partial charge is 0.238 e. The summed E-state index contributed by atoms with van der Waals surface area (Å²) in [5, 5.41) is 9.48. The Morgan fingerprint density at radius 2 is 2.17 bits per heavy atom. The van der Waals surface area contributed by atoms with E-state index in [4.69, 9.17) is 4.74 Å². The van der Waals surface area contributed by atoms with Crippen LogP contribution in [-0.2, 0) is 14.9 Å². The Morgan fingerprint density at radius 3 is 2.87 bits per heavy atom. The summed E-state index contributed by atoms with van der Waals surface area (Å²) in [4.78, 5) is 12.4. The van der Waals surface area contributed by atoms with Crippen LogP contribution < -0.4 is 16.0 Å². The van der Waals surface area contributed by atoms with Crippen molar-refractivity contribution in [3.63, 3.8) is 0 Å². The molecule has 1 unspecified atom stereocenters. The number of halogens is 1. The van der Waals surface area contributed by atoms with Gasteiger partial charge in [0.05, 0.1) is 6.04 Å². The van der Waals surface area contributed by atoms with Crippen molar-refractivity contribution in [3.05, 3.63) is 35.6 Å². The van der Waals surface area contributed by atoms with E-state index in [1.165, 1.54) is 6.07 Å². The minimum Gasteiger partial charge on any atom is -0.381 e. The summed E-state index contributed by atoms with van der Waals surface area (Å²) in [5.41, 5.74) is 0.689. The molecule has 1 amide bonds. The molecule has 2 aliphatic rings. The van der Waals surface area contributed by atoms with Crippen molar-refractivity contribution in [2.45, 2.75) is 24.3 Å². The maximum atomic E-state index is 13.6. The van der Waals surface area contributed by atoms with Gasteiger partial charge in [-0.15, -0.1) is 0 Å². The van der Waals surface area contributed by atoms with Crippen LogP contribution >= 0.6 is 0 Å². The van der Waals surface area contributed by atoms with Crippen LogP contribution in [0.2, 0.25) is 0 Å². The van der Waals surface area contributed by atoms with E-state index >= 15 is 0 Å². The zero-order valence-corrected chi connectivity index (χ0v) is 13.2. The van der Waals surface area contributed by atoms with Gasteiger partial charge >= 0.3 is 0 Å². The van der Waals surface area contributed by atoms with Gasteiger partial charge in [0.15, 0.2) is 0 Å². The quantitative estimate of drug-likeness (QED) is 0.758. The Kier molecular flexibility index (Phi) is 5.25. The van der Waals surface area contributed by atoms with Crippen LogP contribution in [0.5, 0.6) is 0 Å². The third kappa shape index (κ3) is 3.88. The lowest BCUT2D eigenvalue weighted by Gasteiger charge is -2.38. The van der Waals surface area contributed by atoms with E-state index in [1.807, 2.05) is 6.07 Å². The van der Waals surface area contributed by atoms with E-state index in [0.29, 0.717) is 26.3 Å². The first-order chi connectivity index (χ1) is 11.2. The molecule has 23 heavy (non-hydrogen) atoms. The topological polar surface area (TPSA) is 62.4 Å². The van der Waals surface area contributed by atoms with E-state index in [9.17, 15) is 9.18 Å². The Bertz CT molecular complexity index is 540. The third-order valence-corrected chi connectivity index (χ3v) is 4.85. The highest BCUT2D eigenvalue weighted by Gasteiger charge is 2.35. The van der Waals surface area contributed by atoms with Crippen molar-refractivity contribution in [2.24, 2.45) is 0 Å². The number of hydrogen-bond acceptors (Lipinski definition) is 4. The maximum absolute atomic E-state index is 13.6. The highest BCUT2D eigenvalue weighted by molar-refractivity contribution is 5.82. The first-order valence-electron chi connectivity index (χ1n) is 8.25. The number of benzene rings is 1. The lowest BCUT2D eigenvalue weighted by molar-refractivity contribution is -0.123. The van der Waals surface area contributed by atoms with Gasteiger partial charge in [0.25, 0.3) is 0 Å². The van der Waals surface area contributed by atoms with Crippen molar-refractivity contribution in [2.75, 3.05) is 39.4 Å². The molecule has 2 saturated heterocycles. The fourth-order valence-corrected chi connectivity index (χ4v) is 3.37. The summed E-state index contributed by atoms with van der Waals surface area (Å²) >= 11 is 0. The van der Waals surface area contributed by atoms with Crippen molar-refractivity contribution >= 4 is 5.91 Å². The van der Waals surface area contributed by atoms with Gasteiger partial charge in [-0.25, -0.2) is 4.39 Å². The average Bonchev–Trinajstić information content (AvgIpc) is 2.61. The normalized spacial score (nSPS) is 24.1. The fourth-order valence-electron chi connectivity index (χ4n) is 3.37. The first-order valence-corrected chi connectivity index (χ1v) is 8.25. The number of rotatable bonds is 4. The predicted molar refractivity (Wildman–Crippen MR) is 85.8 cm³/mol. The molecule has 2 aliphatic heterocycles. The van der Waals surface area contributed by atoms with Gasteiger partial charge in [-0.3, -0.25) is 4.79 Å². The molecule has 6 heteroatoms. The van der Waals surface area contributed by atoms with Gasteiger partial charge in [0.1, 0.15) is 5.82 Å². The molecular weight excluding hydrogens is 297 g/mol. The molecule has 2 fully saturated rings. The molecule has 5 nitrogen and oxygen atoms in total. The summed E-state index contributed by atoms with van der Waals surface area (Å²) in [6.45, 7) is 4.10. The van der Waals surface area contributed by atoms with Crippen LogP contribution in [0.15, 0.2) is 24.3 Å². The maximum Gasteiger partial charge on any atom is 0.238 e. The molecule has 0 radical (unpaired) electrons. The molecular formula is C17H24FN3O2. The lowest BCUT2D eigenvalue weighted by atomic mass is 9.74. The van der Waals surface area contributed by atoms with E-state index < -0.39 is 0 Å². The minimum absolute atomic E-state index is 0.000491. The fraction of sp³-hybridized carbons (Fsp3) is 0.588. The number of amides is 1. The molecule has 1 aromatic rings. The molecule has 1 aromatic carbocycles. The van der Waals surface area contributed by atoms with Gasteiger partial charge in [0, 0.05) is 44.8 Å². The van der Waals surface area contributed by atoms with Crippen LogP contribution in [0.3, 0.4) is 0 Å². The largest absolute Gasteiger partial charge is 0.381 e. The van der Waals surface area contributed by atoms with Gasteiger partial charge in [-0.1, -0.05) is 12.1 Å². The second-order valence-electron chi connectivity index (χ2n) is 6.33. The van der Waals surface area contributed by atoms with Gasteiger partial charge in [0.2, 0.25) is 5.91 Å². The zero-order valence-electron chi connectivity index (χ0n) is 13.2. The molecule has 1 atom stereocenters. The SMILES string of the molecule is O=C(NCC1(c2cccc(F)c2)CCOCC1)C1CNCCN1. The molecule has 126 valence electrons. The molecule has 2 heterocycles. The molecule has 0 saturated carbocycles. The zero-order chi connectivity index (χ0) is 16.1.